The second-order valence-electron chi connectivity index (χ2n) is 8.62. The Labute approximate surface area is 181 Å². The van der Waals surface area contributed by atoms with Crippen LogP contribution in [0, 0.1) is 5.92 Å². The number of nitrogens with one attached hydrogen (secondary N) is 1. The smallest absolute Gasteiger partial charge is 0.0662 e. The lowest BCUT2D eigenvalue weighted by molar-refractivity contribution is 0.579. The Morgan fingerprint density at radius 1 is 1.00 bits per heavy atom. The van der Waals surface area contributed by atoms with Crippen LogP contribution in [0.1, 0.15) is 56.6 Å². The van der Waals surface area contributed by atoms with Crippen molar-refractivity contribution in [2.24, 2.45) is 10.9 Å². The summed E-state index contributed by atoms with van der Waals surface area (Å²) in [5.41, 5.74) is 6.14. The molecular formula is C28H32N2. The molecule has 0 radical (unpaired) electrons. The molecule has 4 rings (SSSR count). The lowest BCUT2D eigenvalue weighted by Gasteiger charge is -2.27. The van der Waals surface area contributed by atoms with E-state index < -0.39 is 0 Å². The fourth-order valence-corrected chi connectivity index (χ4v) is 4.21. The highest BCUT2D eigenvalue weighted by Gasteiger charge is 2.22. The zero-order valence-electron chi connectivity index (χ0n) is 18.1. The van der Waals surface area contributed by atoms with E-state index in [1.165, 1.54) is 22.5 Å². The molecule has 0 fully saturated rings. The highest BCUT2D eigenvalue weighted by molar-refractivity contribution is 5.97. The molecule has 2 nitrogen and oxygen atoms in total. The molecule has 2 atom stereocenters. The van der Waals surface area contributed by atoms with Crippen molar-refractivity contribution < 1.29 is 0 Å². The zero-order valence-corrected chi connectivity index (χ0v) is 18.1. The molecule has 2 aromatic rings. The van der Waals surface area contributed by atoms with Crippen molar-refractivity contribution in [2.45, 2.75) is 51.5 Å². The summed E-state index contributed by atoms with van der Waals surface area (Å²) in [4.78, 5) is 5.13. The molecule has 2 unspecified atom stereocenters. The number of hydrogen-bond donors (Lipinski definition) is 1. The van der Waals surface area contributed by atoms with Crippen molar-refractivity contribution in [3.05, 3.63) is 96.1 Å². The van der Waals surface area contributed by atoms with Crippen LogP contribution in [0.3, 0.4) is 0 Å². The summed E-state index contributed by atoms with van der Waals surface area (Å²) in [6.07, 6.45) is 15.5. The molecule has 1 N–H and O–H groups in total. The van der Waals surface area contributed by atoms with Crippen molar-refractivity contribution in [3.63, 3.8) is 0 Å². The van der Waals surface area contributed by atoms with Crippen molar-refractivity contribution in [3.8, 4) is 0 Å². The van der Waals surface area contributed by atoms with Crippen molar-refractivity contribution in [2.75, 3.05) is 5.32 Å². The molecule has 30 heavy (non-hydrogen) atoms. The molecule has 0 saturated carbocycles. The first kappa shape index (κ1) is 20.4. The van der Waals surface area contributed by atoms with Crippen LogP contribution in [0.4, 0.5) is 5.69 Å². The standard InChI is InChI=1S/C28H32N2/c1-21(2)23-16-18-25(19-17-23)29-28(20-22-10-5-3-6-11-22)27-15-9-14-26(30-27)24-12-7-4-8-13-24/h3-8,10,12-14,16-19,21-22,28-29H,9,11,15,20H2,1-2H3. The lowest BCUT2D eigenvalue weighted by atomic mass is 9.89. The van der Waals surface area contributed by atoms with Crippen LogP contribution in [-0.4, -0.2) is 11.8 Å². The second-order valence-corrected chi connectivity index (χ2v) is 8.62. The van der Waals surface area contributed by atoms with Gasteiger partial charge >= 0.3 is 0 Å². The first-order valence-corrected chi connectivity index (χ1v) is 11.2. The largest absolute Gasteiger partial charge is 0.377 e. The highest BCUT2D eigenvalue weighted by Crippen LogP contribution is 2.28. The Hall–Kier alpha value is -2.87. The fourth-order valence-electron chi connectivity index (χ4n) is 4.21. The van der Waals surface area contributed by atoms with Crippen molar-refractivity contribution >= 4 is 17.1 Å². The first-order valence-electron chi connectivity index (χ1n) is 11.2. The van der Waals surface area contributed by atoms with Gasteiger partial charge in [-0.25, -0.2) is 0 Å². The van der Waals surface area contributed by atoms with Gasteiger partial charge in [0.05, 0.1) is 11.7 Å². The summed E-state index contributed by atoms with van der Waals surface area (Å²) in [6.45, 7) is 4.48. The van der Waals surface area contributed by atoms with E-state index in [9.17, 15) is 0 Å². The molecule has 0 bridgehead atoms. The maximum Gasteiger partial charge on any atom is 0.0662 e. The lowest BCUT2D eigenvalue weighted by Crippen LogP contribution is -2.32. The third-order valence-electron chi connectivity index (χ3n) is 6.00. The fraction of sp³-hybridized carbons (Fsp3) is 0.321. The van der Waals surface area contributed by atoms with Gasteiger partial charge in [-0.3, -0.25) is 4.99 Å². The summed E-state index contributed by atoms with van der Waals surface area (Å²) in [6, 6.07) is 19.7. The monoisotopic (exact) mass is 396 g/mol. The topological polar surface area (TPSA) is 24.4 Å². The number of allylic oxidation sites excluding steroid dienone is 5. The van der Waals surface area contributed by atoms with Gasteiger partial charge < -0.3 is 5.32 Å². The molecule has 1 aliphatic carbocycles. The van der Waals surface area contributed by atoms with Gasteiger partial charge in [-0.05, 0) is 60.8 Å². The van der Waals surface area contributed by atoms with Crippen LogP contribution in [0.2, 0.25) is 0 Å². The second kappa shape index (κ2) is 9.75. The van der Waals surface area contributed by atoms with E-state index in [4.69, 9.17) is 4.99 Å². The van der Waals surface area contributed by atoms with Gasteiger partial charge in [-0.2, -0.15) is 0 Å². The summed E-state index contributed by atoms with van der Waals surface area (Å²) in [5.74, 6) is 1.10. The zero-order chi connectivity index (χ0) is 20.8. The molecule has 0 aromatic heterocycles. The van der Waals surface area contributed by atoms with Gasteiger partial charge in [0.2, 0.25) is 0 Å². The molecule has 2 aromatic carbocycles. The number of benzene rings is 2. The van der Waals surface area contributed by atoms with E-state index in [1.807, 2.05) is 0 Å². The molecule has 2 aliphatic rings. The van der Waals surface area contributed by atoms with Crippen LogP contribution >= 0.6 is 0 Å². The maximum atomic E-state index is 5.13. The number of hydrogen-bond acceptors (Lipinski definition) is 2. The molecular weight excluding hydrogens is 364 g/mol. The summed E-state index contributed by atoms with van der Waals surface area (Å²) in [7, 11) is 0. The van der Waals surface area contributed by atoms with E-state index in [0.717, 1.165) is 31.4 Å². The van der Waals surface area contributed by atoms with E-state index in [0.29, 0.717) is 11.8 Å². The van der Waals surface area contributed by atoms with Gasteiger partial charge in [-0.15, -0.1) is 0 Å². The minimum atomic E-state index is 0.239. The summed E-state index contributed by atoms with van der Waals surface area (Å²) in [5, 5.41) is 3.82. The third-order valence-corrected chi connectivity index (χ3v) is 6.00. The Morgan fingerprint density at radius 3 is 2.50 bits per heavy atom. The minimum Gasteiger partial charge on any atom is -0.377 e. The van der Waals surface area contributed by atoms with Gasteiger partial charge in [0.25, 0.3) is 0 Å². The Morgan fingerprint density at radius 2 is 1.80 bits per heavy atom. The number of anilines is 1. The van der Waals surface area contributed by atoms with Crippen LogP contribution in [-0.2, 0) is 0 Å². The van der Waals surface area contributed by atoms with Crippen molar-refractivity contribution in [1.29, 1.82) is 0 Å². The highest BCUT2D eigenvalue weighted by atomic mass is 15.0. The molecule has 0 saturated heterocycles. The normalized spacial score (nSPS) is 19.4. The summed E-state index contributed by atoms with van der Waals surface area (Å²) < 4.78 is 0. The Balaban J connectivity index is 1.58. The van der Waals surface area contributed by atoms with E-state index in [1.54, 1.807) is 0 Å². The van der Waals surface area contributed by atoms with Crippen LogP contribution in [0.5, 0.6) is 0 Å². The SMILES string of the molecule is CC(C)c1ccc(NC(CC2C=CC=CC2)C2=NC(c3ccccc3)=CCC2)cc1. The average molecular weight is 397 g/mol. The third kappa shape index (κ3) is 5.18. The summed E-state index contributed by atoms with van der Waals surface area (Å²) >= 11 is 0. The van der Waals surface area contributed by atoms with Gasteiger partial charge in [0.1, 0.15) is 0 Å². The minimum absolute atomic E-state index is 0.239. The number of nitrogens with zero attached hydrogens (tertiary/aromatic N) is 1. The quantitative estimate of drug-likeness (QED) is 0.518. The van der Waals surface area contributed by atoms with Crippen molar-refractivity contribution in [1.82, 2.24) is 0 Å². The number of aliphatic imine (C=N–C) groups is 1. The van der Waals surface area contributed by atoms with Crippen LogP contribution in [0.25, 0.3) is 5.70 Å². The molecule has 154 valence electrons. The molecule has 0 spiro atoms. The Bertz CT molecular complexity index is 946. The van der Waals surface area contributed by atoms with E-state index in [-0.39, 0.29) is 6.04 Å². The van der Waals surface area contributed by atoms with Crippen LogP contribution < -0.4 is 5.32 Å². The van der Waals surface area contributed by atoms with E-state index >= 15 is 0 Å². The van der Waals surface area contributed by atoms with Gasteiger partial charge in [0.15, 0.2) is 0 Å². The maximum absolute atomic E-state index is 5.13. The average Bonchev–Trinajstić information content (AvgIpc) is 2.80. The Kier molecular flexibility index (Phi) is 6.63. The van der Waals surface area contributed by atoms with Gasteiger partial charge in [0, 0.05) is 11.4 Å². The molecule has 1 heterocycles. The molecule has 1 aliphatic heterocycles. The van der Waals surface area contributed by atoms with E-state index in [2.05, 4.69) is 104 Å². The predicted molar refractivity (Wildman–Crippen MR) is 130 cm³/mol. The predicted octanol–water partition coefficient (Wildman–Crippen LogP) is 7.39. The van der Waals surface area contributed by atoms with Gasteiger partial charge in [-0.1, -0.05) is 86.7 Å². The van der Waals surface area contributed by atoms with Crippen LogP contribution in [0.15, 0.2) is 90.0 Å². The number of rotatable bonds is 7. The first-order chi connectivity index (χ1) is 14.7. The molecule has 2 heteroatoms. The molecule has 0 amide bonds.